The molecule has 1 aliphatic heterocycles. The molecule has 80 valence electrons. The number of benzene rings is 1. The number of hydrogen-bond donors (Lipinski definition) is 1. The van der Waals surface area contributed by atoms with Crippen molar-refractivity contribution in [2.24, 2.45) is 5.73 Å². The fourth-order valence-electron chi connectivity index (χ4n) is 2.02. The van der Waals surface area contributed by atoms with Gasteiger partial charge in [0.2, 0.25) is 0 Å². The Morgan fingerprint density at radius 1 is 1.40 bits per heavy atom. The number of nitrogens with zero attached hydrogens (tertiary/aromatic N) is 1. The Balaban J connectivity index is 1.96. The van der Waals surface area contributed by atoms with Crippen LogP contribution in [0.15, 0.2) is 30.8 Å². The maximum Gasteiger partial charge on any atom is 0.0234 e. The van der Waals surface area contributed by atoms with Crippen LogP contribution in [0.3, 0.4) is 0 Å². The fourth-order valence-corrected chi connectivity index (χ4v) is 2.02. The van der Waals surface area contributed by atoms with Gasteiger partial charge in [0.05, 0.1) is 0 Å². The standard InChI is InChI=1S/C13H18N2/c1-2-11-3-5-12(6-4-11)9-15-8-7-13(14)10-15/h2-6,13H,1,7-10,14H2/t13-/m1/s1. The third kappa shape index (κ3) is 2.67. The minimum atomic E-state index is 0.373. The van der Waals surface area contributed by atoms with Crippen molar-refractivity contribution in [3.8, 4) is 0 Å². The van der Waals surface area contributed by atoms with Crippen LogP contribution in [0.25, 0.3) is 6.08 Å². The molecule has 0 aliphatic carbocycles. The first-order valence-corrected chi connectivity index (χ1v) is 5.47. The fraction of sp³-hybridized carbons (Fsp3) is 0.385. The van der Waals surface area contributed by atoms with Crippen LogP contribution in [0.2, 0.25) is 0 Å². The van der Waals surface area contributed by atoms with E-state index >= 15 is 0 Å². The molecular formula is C13H18N2. The first-order chi connectivity index (χ1) is 7.28. The summed E-state index contributed by atoms with van der Waals surface area (Å²) >= 11 is 0. The van der Waals surface area contributed by atoms with Gasteiger partial charge in [-0.1, -0.05) is 36.9 Å². The van der Waals surface area contributed by atoms with Crippen molar-refractivity contribution in [3.63, 3.8) is 0 Å². The smallest absolute Gasteiger partial charge is 0.0234 e. The van der Waals surface area contributed by atoms with Gasteiger partial charge in [0.25, 0.3) is 0 Å². The van der Waals surface area contributed by atoms with Crippen molar-refractivity contribution in [1.82, 2.24) is 4.90 Å². The van der Waals surface area contributed by atoms with Gasteiger partial charge in [0.15, 0.2) is 0 Å². The Morgan fingerprint density at radius 3 is 2.67 bits per heavy atom. The molecule has 0 spiro atoms. The SMILES string of the molecule is C=Cc1ccc(CN2CC[C@@H](N)C2)cc1. The minimum absolute atomic E-state index is 0.373. The summed E-state index contributed by atoms with van der Waals surface area (Å²) in [5.74, 6) is 0. The molecule has 1 fully saturated rings. The average Bonchev–Trinajstić information content (AvgIpc) is 2.65. The molecule has 0 amide bonds. The van der Waals surface area contributed by atoms with Gasteiger partial charge in [-0.05, 0) is 17.5 Å². The van der Waals surface area contributed by atoms with Crippen LogP contribution in [-0.2, 0) is 6.54 Å². The molecule has 1 heterocycles. The summed E-state index contributed by atoms with van der Waals surface area (Å²) < 4.78 is 0. The van der Waals surface area contributed by atoms with Crippen molar-refractivity contribution in [3.05, 3.63) is 42.0 Å². The highest BCUT2D eigenvalue weighted by molar-refractivity contribution is 5.47. The molecule has 0 aromatic heterocycles. The summed E-state index contributed by atoms with van der Waals surface area (Å²) in [6.07, 6.45) is 3.00. The average molecular weight is 202 g/mol. The van der Waals surface area contributed by atoms with Gasteiger partial charge >= 0.3 is 0 Å². The van der Waals surface area contributed by atoms with Gasteiger partial charge in [0.1, 0.15) is 0 Å². The zero-order chi connectivity index (χ0) is 10.7. The molecule has 0 saturated carbocycles. The summed E-state index contributed by atoms with van der Waals surface area (Å²) in [7, 11) is 0. The van der Waals surface area contributed by atoms with Crippen molar-refractivity contribution in [1.29, 1.82) is 0 Å². The Bertz CT molecular complexity index is 329. The lowest BCUT2D eigenvalue weighted by molar-refractivity contribution is 0.327. The molecule has 1 saturated heterocycles. The number of hydrogen-bond acceptors (Lipinski definition) is 2. The van der Waals surface area contributed by atoms with Crippen LogP contribution in [0, 0.1) is 0 Å². The van der Waals surface area contributed by atoms with Crippen LogP contribution >= 0.6 is 0 Å². The summed E-state index contributed by atoms with van der Waals surface area (Å²) in [5.41, 5.74) is 8.40. The second-order valence-electron chi connectivity index (χ2n) is 4.23. The first-order valence-electron chi connectivity index (χ1n) is 5.47. The highest BCUT2D eigenvalue weighted by atomic mass is 15.2. The monoisotopic (exact) mass is 202 g/mol. The minimum Gasteiger partial charge on any atom is -0.326 e. The maximum absolute atomic E-state index is 5.87. The lowest BCUT2D eigenvalue weighted by Crippen LogP contribution is -2.26. The summed E-state index contributed by atoms with van der Waals surface area (Å²) in [6, 6.07) is 8.93. The second-order valence-corrected chi connectivity index (χ2v) is 4.23. The van der Waals surface area contributed by atoms with Crippen molar-refractivity contribution < 1.29 is 0 Å². The van der Waals surface area contributed by atoms with E-state index in [4.69, 9.17) is 5.73 Å². The normalized spacial score (nSPS) is 21.8. The van der Waals surface area contributed by atoms with E-state index in [0.29, 0.717) is 6.04 Å². The lowest BCUT2D eigenvalue weighted by Gasteiger charge is -2.15. The molecule has 2 nitrogen and oxygen atoms in total. The Morgan fingerprint density at radius 2 is 2.13 bits per heavy atom. The van der Waals surface area contributed by atoms with E-state index < -0.39 is 0 Å². The van der Waals surface area contributed by atoms with E-state index in [1.165, 1.54) is 11.1 Å². The molecule has 1 aliphatic rings. The molecule has 1 aromatic carbocycles. The predicted octanol–water partition coefficient (Wildman–Crippen LogP) is 1.86. The highest BCUT2D eigenvalue weighted by Crippen LogP contribution is 2.13. The molecular weight excluding hydrogens is 184 g/mol. The Hall–Kier alpha value is -1.12. The first kappa shape index (κ1) is 10.4. The molecule has 2 heteroatoms. The quantitative estimate of drug-likeness (QED) is 0.810. The van der Waals surface area contributed by atoms with Gasteiger partial charge < -0.3 is 5.73 Å². The third-order valence-electron chi connectivity index (χ3n) is 2.93. The van der Waals surface area contributed by atoms with Gasteiger partial charge in [-0.15, -0.1) is 0 Å². The van der Waals surface area contributed by atoms with Gasteiger partial charge in [-0.2, -0.15) is 0 Å². The maximum atomic E-state index is 5.87. The topological polar surface area (TPSA) is 29.3 Å². The number of likely N-dealkylation sites (tertiary alicyclic amines) is 1. The second kappa shape index (κ2) is 4.60. The summed E-state index contributed by atoms with van der Waals surface area (Å²) in [6.45, 7) is 6.93. The molecule has 15 heavy (non-hydrogen) atoms. The van der Waals surface area contributed by atoms with Crippen LogP contribution in [-0.4, -0.2) is 24.0 Å². The van der Waals surface area contributed by atoms with Crippen LogP contribution < -0.4 is 5.73 Å². The van der Waals surface area contributed by atoms with E-state index in [1.54, 1.807) is 0 Å². The number of rotatable bonds is 3. The summed E-state index contributed by atoms with van der Waals surface area (Å²) in [5, 5.41) is 0. The van der Waals surface area contributed by atoms with Crippen LogP contribution in [0.1, 0.15) is 17.5 Å². The van der Waals surface area contributed by atoms with E-state index in [9.17, 15) is 0 Å². The van der Waals surface area contributed by atoms with Crippen LogP contribution in [0.5, 0.6) is 0 Å². The van der Waals surface area contributed by atoms with E-state index in [2.05, 4.69) is 35.7 Å². The van der Waals surface area contributed by atoms with E-state index in [1.807, 2.05) is 6.08 Å². The largest absolute Gasteiger partial charge is 0.326 e. The van der Waals surface area contributed by atoms with Gasteiger partial charge in [-0.3, -0.25) is 4.90 Å². The van der Waals surface area contributed by atoms with Crippen LogP contribution in [0.4, 0.5) is 0 Å². The zero-order valence-corrected chi connectivity index (χ0v) is 9.02. The zero-order valence-electron chi connectivity index (χ0n) is 9.02. The number of nitrogens with two attached hydrogens (primary N) is 1. The Labute approximate surface area is 91.4 Å². The van der Waals surface area contributed by atoms with E-state index in [-0.39, 0.29) is 0 Å². The highest BCUT2D eigenvalue weighted by Gasteiger charge is 2.18. The molecule has 1 aromatic rings. The third-order valence-corrected chi connectivity index (χ3v) is 2.93. The molecule has 0 radical (unpaired) electrons. The van der Waals surface area contributed by atoms with E-state index in [0.717, 1.165) is 26.1 Å². The molecule has 2 N–H and O–H groups in total. The molecule has 1 atom stereocenters. The van der Waals surface area contributed by atoms with Gasteiger partial charge in [-0.25, -0.2) is 0 Å². The van der Waals surface area contributed by atoms with Crippen molar-refractivity contribution in [2.75, 3.05) is 13.1 Å². The van der Waals surface area contributed by atoms with Crippen molar-refractivity contribution >= 4 is 6.08 Å². The summed E-state index contributed by atoms with van der Waals surface area (Å²) in [4.78, 5) is 2.41. The predicted molar refractivity (Wildman–Crippen MR) is 64.4 cm³/mol. The molecule has 0 unspecified atom stereocenters. The van der Waals surface area contributed by atoms with Crippen molar-refractivity contribution in [2.45, 2.75) is 19.0 Å². The van der Waals surface area contributed by atoms with Gasteiger partial charge in [0, 0.05) is 25.7 Å². The lowest BCUT2D eigenvalue weighted by atomic mass is 10.1. The Kier molecular flexibility index (Phi) is 3.19. The molecule has 2 rings (SSSR count). The molecule has 0 bridgehead atoms.